The molecule has 0 radical (unpaired) electrons. The Kier molecular flexibility index (Phi) is 4.90. The van der Waals surface area contributed by atoms with Crippen LogP contribution in [0.1, 0.15) is 32.1 Å². The van der Waals surface area contributed by atoms with E-state index in [2.05, 4.69) is 4.72 Å². The second-order valence-electron chi connectivity index (χ2n) is 5.13. The van der Waals surface area contributed by atoms with Gasteiger partial charge in [-0.3, -0.25) is 0 Å². The summed E-state index contributed by atoms with van der Waals surface area (Å²) in [7, 11) is -4.51. The van der Waals surface area contributed by atoms with Crippen molar-refractivity contribution in [3.05, 3.63) is 29.6 Å². The summed E-state index contributed by atoms with van der Waals surface area (Å²) in [5.74, 6) is -4.19. The van der Waals surface area contributed by atoms with Gasteiger partial charge in [-0.15, -0.1) is 0 Å². The van der Waals surface area contributed by atoms with Crippen LogP contribution in [0.25, 0.3) is 0 Å². The van der Waals surface area contributed by atoms with Crippen molar-refractivity contribution in [2.75, 3.05) is 0 Å². The van der Waals surface area contributed by atoms with E-state index < -0.39 is 44.5 Å². The van der Waals surface area contributed by atoms with E-state index in [1.54, 1.807) is 0 Å². The Labute approximate surface area is 121 Å². The minimum atomic E-state index is -4.51. The quantitative estimate of drug-likeness (QED) is 0.837. The van der Waals surface area contributed by atoms with Gasteiger partial charge in [0.15, 0.2) is 4.90 Å². The highest BCUT2D eigenvalue weighted by Crippen LogP contribution is 2.23. The van der Waals surface area contributed by atoms with Crippen LogP contribution in [0.15, 0.2) is 17.0 Å². The van der Waals surface area contributed by atoms with Gasteiger partial charge in [-0.2, -0.15) is 0 Å². The fourth-order valence-corrected chi connectivity index (χ4v) is 3.89. The van der Waals surface area contributed by atoms with Gasteiger partial charge in [0.1, 0.15) is 17.5 Å². The van der Waals surface area contributed by atoms with Gasteiger partial charge >= 0.3 is 0 Å². The van der Waals surface area contributed by atoms with Crippen molar-refractivity contribution in [3.63, 3.8) is 0 Å². The first-order valence-corrected chi connectivity index (χ1v) is 8.14. The highest BCUT2D eigenvalue weighted by atomic mass is 32.2. The summed E-state index contributed by atoms with van der Waals surface area (Å²) in [6.07, 6.45) is 2.21. The zero-order chi connectivity index (χ0) is 15.6. The lowest BCUT2D eigenvalue weighted by Crippen LogP contribution is -2.43. The average Bonchev–Trinajstić information content (AvgIpc) is 2.52. The summed E-state index contributed by atoms with van der Waals surface area (Å²) in [6, 6.07) is -0.191. The summed E-state index contributed by atoms with van der Waals surface area (Å²) in [5.41, 5.74) is 0. The van der Waals surface area contributed by atoms with Crippen molar-refractivity contribution in [1.29, 1.82) is 0 Å². The smallest absolute Gasteiger partial charge is 0.246 e. The largest absolute Gasteiger partial charge is 0.391 e. The number of hydrogen-bond acceptors (Lipinski definition) is 3. The van der Waals surface area contributed by atoms with E-state index in [4.69, 9.17) is 0 Å². The zero-order valence-corrected chi connectivity index (χ0v) is 12.0. The molecule has 0 saturated heterocycles. The molecule has 2 atom stereocenters. The Morgan fingerprint density at radius 1 is 1.05 bits per heavy atom. The van der Waals surface area contributed by atoms with E-state index in [9.17, 15) is 26.7 Å². The molecule has 1 fully saturated rings. The van der Waals surface area contributed by atoms with Crippen molar-refractivity contribution in [1.82, 2.24) is 4.72 Å². The van der Waals surface area contributed by atoms with Crippen molar-refractivity contribution in [2.24, 2.45) is 0 Å². The molecular weight excluding hydrogens is 307 g/mol. The number of rotatable bonds is 3. The third-order valence-corrected chi connectivity index (χ3v) is 5.06. The fourth-order valence-electron chi connectivity index (χ4n) is 2.47. The molecule has 0 aliphatic heterocycles. The van der Waals surface area contributed by atoms with E-state index in [-0.39, 0.29) is 0 Å². The van der Waals surface area contributed by atoms with E-state index in [0.717, 1.165) is 12.8 Å². The van der Waals surface area contributed by atoms with Crippen molar-refractivity contribution >= 4 is 10.0 Å². The van der Waals surface area contributed by atoms with E-state index in [0.29, 0.717) is 31.4 Å². The first kappa shape index (κ1) is 16.3. The summed E-state index contributed by atoms with van der Waals surface area (Å²) >= 11 is 0. The first-order chi connectivity index (χ1) is 9.81. The van der Waals surface area contributed by atoms with Crippen molar-refractivity contribution < 1.29 is 26.7 Å². The number of aliphatic hydroxyl groups excluding tert-OH is 1. The molecule has 8 heteroatoms. The van der Waals surface area contributed by atoms with Gasteiger partial charge in [-0.1, -0.05) is 19.3 Å². The third-order valence-electron chi connectivity index (χ3n) is 3.52. The second-order valence-corrected chi connectivity index (χ2v) is 6.78. The molecule has 1 aromatic carbocycles. The molecule has 0 bridgehead atoms. The normalized spacial score (nSPS) is 23.8. The van der Waals surface area contributed by atoms with Crippen molar-refractivity contribution in [2.45, 2.75) is 49.1 Å². The minimum absolute atomic E-state index is 0.307. The van der Waals surface area contributed by atoms with Gasteiger partial charge in [0.2, 0.25) is 10.0 Å². The van der Waals surface area contributed by atoms with Gasteiger partial charge in [-0.05, 0) is 12.8 Å². The lowest BCUT2D eigenvalue weighted by molar-refractivity contribution is 0.130. The third kappa shape index (κ3) is 3.75. The Hall–Kier alpha value is -1.12. The second kappa shape index (κ2) is 6.33. The molecule has 0 aromatic heterocycles. The van der Waals surface area contributed by atoms with Crippen LogP contribution in [0.2, 0.25) is 0 Å². The monoisotopic (exact) mass is 323 g/mol. The molecule has 1 aliphatic carbocycles. The number of halogens is 3. The number of sulfonamides is 1. The molecule has 1 aliphatic rings. The molecular formula is C13H16F3NO3S. The summed E-state index contributed by atoms with van der Waals surface area (Å²) in [6.45, 7) is 0. The highest BCUT2D eigenvalue weighted by Gasteiger charge is 2.31. The molecule has 0 amide bonds. The maximum absolute atomic E-state index is 13.6. The van der Waals surface area contributed by atoms with Crippen LogP contribution in [-0.4, -0.2) is 25.7 Å². The summed E-state index contributed by atoms with van der Waals surface area (Å²) in [4.78, 5) is -1.22. The lowest BCUT2D eigenvalue weighted by atomic mass is 10.1. The van der Waals surface area contributed by atoms with Crippen molar-refractivity contribution in [3.8, 4) is 0 Å². The van der Waals surface area contributed by atoms with Gasteiger partial charge in [-0.25, -0.2) is 26.3 Å². The molecule has 2 N–H and O–H groups in total. The summed E-state index contributed by atoms with van der Waals surface area (Å²) < 4.78 is 66.3. The first-order valence-electron chi connectivity index (χ1n) is 6.66. The maximum atomic E-state index is 13.6. The predicted molar refractivity (Wildman–Crippen MR) is 69.5 cm³/mol. The van der Waals surface area contributed by atoms with Gasteiger partial charge in [0.25, 0.3) is 0 Å². The Morgan fingerprint density at radius 3 is 2.24 bits per heavy atom. The Balaban J connectivity index is 2.30. The van der Waals surface area contributed by atoms with E-state index in [1.807, 2.05) is 0 Å². The molecule has 4 nitrogen and oxygen atoms in total. The molecule has 118 valence electrons. The van der Waals surface area contributed by atoms with Crippen LogP contribution in [0.3, 0.4) is 0 Å². The molecule has 2 rings (SSSR count). The fraction of sp³-hybridized carbons (Fsp3) is 0.538. The number of hydrogen-bond donors (Lipinski definition) is 2. The zero-order valence-electron chi connectivity index (χ0n) is 11.2. The van der Waals surface area contributed by atoms with Crippen LogP contribution in [0, 0.1) is 17.5 Å². The molecule has 0 spiro atoms. The number of aliphatic hydroxyl groups is 1. The number of benzene rings is 1. The SMILES string of the molecule is O=S(=O)(NC1CCCCCC1O)c1c(F)cc(F)cc1F. The number of nitrogens with one attached hydrogen (secondary N) is 1. The minimum Gasteiger partial charge on any atom is -0.391 e. The van der Waals surface area contributed by atoms with Crippen LogP contribution in [0.4, 0.5) is 13.2 Å². The Morgan fingerprint density at radius 2 is 1.62 bits per heavy atom. The molecule has 0 heterocycles. The summed E-state index contributed by atoms with van der Waals surface area (Å²) in [5, 5.41) is 9.87. The standard InChI is InChI=1S/C13H16F3NO3S/c14-8-6-9(15)13(10(16)7-8)21(19,20)17-11-4-2-1-3-5-12(11)18/h6-7,11-12,17-18H,1-5H2. The Bertz CT molecular complexity index is 598. The van der Waals surface area contributed by atoms with Crippen LogP contribution in [0.5, 0.6) is 0 Å². The lowest BCUT2D eigenvalue weighted by Gasteiger charge is -2.21. The predicted octanol–water partition coefficient (Wildman–Crippen LogP) is 2.08. The molecule has 1 aromatic rings. The highest BCUT2D eigenvalue weighted by molar-refractivity contribution is 7.89. The average molecular weight is 323 g/mol. The van der Waals surface area contributed by atoms with Crippen LogP contribution in [-0.2, 0) is 10.0 Å². The van der Waals surface area contributed by atoms with Crippen LogP contribution >= 0.6 is 0 Å². The van der Waals surface area contributed by atoms with Crippen LogP contribution < -0.4 is 4.72 Å². The van der Waals surface area contributed by atoms with E-state index >= 15 is 0 Å². The van der Waals surface area contributed by atoms with E-state index in [1.165, 1.54) is 0 Å². The molecule has 21 heavy (non-hydrogen) atoms. The molecule has 2 unspecified atom stereocenters. The van der Waals surface area contributed by atoms with Gasteiger partial charge in [0, 0.05) is 18.2 Å². The molecule has 1 saturated carbocycles. The maximum Gasteiger partial charge on any atom is 0.246 e. The topological polar surface area (TPSA) is 66.4 Å². The van der Waals surface area contributed by atoms with Gasteiger partial charge in [0.05, 0.1) is 6.10 Å². The van der Waals surface area contributed by atoms with Gasteiger partial charge < -0.3 is 5.11 Å².